The fraction of sp³-hybridized carbons (Fsp3) is 0.412. The van der Waals surface area contributed by atoms with Crippen molar-refractivity contribution in [1.82, 2.24) is 0 Å². The number of carbonyl (C=O) groups is 1. The second kappa shape index (κ2) is 5.13. The molecule has 0 saturated heterocycles. The zero-order chi connectivity index (χ0) is 14.9. The molecule has 1 N–H and O–H groups in total. The van der Waals surface area contributed by atoms with Crippen molar-refractivity contribution < 1.29 is 4.79 Å². The molecule has 0 heterocycles. The highest BCUT2D eigenvalue weighted by atomic mass is 16.1. The van der Waals surface area contributed by atoms with Gasteiger partial charge in [-0.2, -0.15) is 5.26 Å². The quantitative estimate of drug-likeness (QED) is 0.885. The molecule has 0 aromatic heterocycles. The van der Waals surface area contributed by atoms with Gasteiger partial charge in [0.15, 0.2) is 5.78 Å². The molecule has 0 saturated carbocycles. The number of anilines is 1. The van der Waals surface area contributed by atoms with Crippen molar-refractivity contribution in [2.24, 2.45) is 5.41 Å². The molecule has 0 radical (unpaired) electrons. The minimum absolute atomic E-state index is 0.0596. The lowest BCUT2D eigenvalue weighted by Crippen LogP contribution is -2.28. The Morgan fingerprint density at radius 2 is 1.75 bits per heavy atom. The van der Waals surface area contributed by atoms with Crippen LogP contribution in [0.2, 0.25) is 0 Å². The standard InChI is InChI=1S/C17H20N2O/c1-11-5-12(2)7-13(6-11)19-15-8-17(3,4)9-16(20)14(15)10-18/h5-7,19H,8-9H2,1-4H3. The van der Waals surface area contributed by atoms with Gasteiger partial charge < -0.3 is 5.32 Å². The van der Waals surface area contributed by atoms with Crippen LogP contribution in [0.5, 0.6) is 0 Å². The van der Waals surface area contributed by atoms with Crippen molar-refractivity contribution in [3.63, 3.8) is 0 Å². The van der Waals surface area contributed by atoms with Crippen molar-refractivity contribution in [3.05, 3.63) is 40.6 Å². The molecule has 3 heteroatoms. The van der Waals surface area contributed by atoms with Gasteiger partial charge in [-0.3, -0.25) is 4.79 Å². The topological polar surface area (TPSA) is 52.9 Å². The molecule has 0 unspecified atom stereocenters. The molecular weight excluding hydrogens is 248 g/mol. The molecule has 0 atom stereocenters. The second-order valence-electron chi connectivity index (χ2n) is 6.41. The van der Waals surface area contributed by atoms with Crippen molar-refractivity contribution in [2.75, 3.05) is 5.32 Å². The summed E-state index contributed by atoms with van der Waals surface area (Å²) in [5.74, 6) is -0.0596. The van der Waals surface area contributed by atoms with Gasteiger partial charge in [-0.15, -0.1) is 0 Å². The van der Waals surface area contributed by atoms with Crippen LogP contribution < -0.4 is 5.32 Å². The van der Waals surface area contributed by atoms with Gasteiger partial charge in [0, 0.05) is 17.8 Å². The number of hydrogen-bond donors (Lipinski definition) is 1. The lowest BCUT2D eigenvalue weighted by molar-refractivity contribution is -0.117. The smallest absolute Gasteiger partial charge is 0.175 e. The first-order valence-corrected chi connectivity index (χ1v) is 6.82. The molecule has 0 spiro atoms. The third-order valence-corrected chi connectivity index (χ3v) is 3.50. The van der Waals surface area contributed by atoms with Crippen molar-refractivity contribution >= 4 is 11.5 Å². The summed E-state index contributed by atoms with van der Waals surface area (Å²) >= 11 is 0. The molecule has 1 aliphatic carbocycles. The number of aryl methyl sites for hydroxylation is 2. The molecule has 1 aliphatic rings. The van der Waals surface area contributed by atoms with E-state index in [4.69, 9.17) is 0 Å². The van der Waals surface area contributed by atoms with Crippen LogP contribution in [-0.4, -0.2) is 5.78 Å². The first-order chi connectivity index (χ1) is 9.30. The van der Waals surface area contributed by atoms with E-state index < -0.39 is 0 Å². The van der Waals surface area contributed by atoms with Crippen molar-refractivity contribution in [3.8, 4) is 6.07 Å². The van der Waals surface area contributed by atoms with Gasteiger partial charge in [0.05, 0.1) is 0 Å². The minimum Gasteiger partial charge on any atom is -0.358 e. The van der Waals surface area contributed by atoms with E-state index >= 15 is 0 Å². The molecule has 0 amide bonds. The summed E-state index contributed by atoms with van der Waals surface area (Å²) in [6.07, 6.45) is 1.16. The maximum absolute atomic E-state index is 12.1. The van der Waals surface area contributed by atoms with Crippen LogP contribution in [0.3, 0.4) is 0 Å². The first-order valence-electron chi connectivity index (χ1n) is 6.82. The molecular formula is C17H20N2O. The average molecular weight is 268 g/mol. The van der Waals surface area contributed by atoms with Crippen LogP contribution in [0.1, 0.15) is 37.8 Å². The predicted octanol–water partition coefficient (Wildman–Crippen LogP) is 3.88. The number of carbonyl (C=O) groups excluding carboxylic acids is 1. The van der Waals surface area contributed by atoms with Gasteiger partial charge in [-0.05, 0) is 48.9 Å². The Hall–Kier alpha value is -2.08. The molecule has 2 rings (SSSR count). The summed E-state index contributed by atoms with van der Waals surface area (Å²) in [6, 6.07) is 8.21. The molecule has 0 aliphatic heterocycles. The summed E-state index contributed by atoms with van der Waals surface area (Å²) < 4.78 is 0. The van der Waals surface area contributed by atoms with Crippen molar-refractivity contribution in [2.45, 2.75) is 40.5 Å². The van der Waals surface area contributed by atoms with Gasteiger partial charge in [-0.1, -0.05) is 19.9 Å². The number of Topliss-reactive ketones (excluding diaryl/α,β-unsaturated/α-hetero) is 1. The number of ketones is 1. The SMILES string of the molecule is Cc1cc(C)cc(NC2=C(C#N)C(=O)CC(C)(C)C2)c1. The fourth-order valence-electron chi connectivity index (χ4n) is 2.78. The van der Waals surface area contributed by atoms with E-state index in [0.717, 1.165) is 22.5 Å². The van der Waals surface area contributed by atoms with Gasteiger partial charge in [0.1, 0.15) is 11.6 Å². The molecule has 1 aromatic rings. The number of nitrogens with zero attached hydrogens (tertiary/aromatic N) is 1. The zero-order valence-electron chi connectivity index (χ0n) is 12.5. The summed E-state index contributed by atoms with van der Waals surface area (Å²) in [5, 5.41) is 12.5. The first kappa shape index (κ1) is 14.3. The normalized spacial score (nSPS) is 17.9. The zero-order valence-corrected chi connectivity index (χ0v) is 12.5. The lowest BCUT2D eigenvalue weighted by Gasteiger charge is -2.30. The van der Waals surface area contributed by atoms with Crippen LogP contribution in [0.4, 0.5) is 5.69 Å². The number of allylic oxidation sites excluding steroid dienone is 2. The van der Waals surface area contributed by atoms with Gasteiger partial charge >= 0.3 is 0 Å². The van der Waals surface area contributed by atoms with Gasteiger partial charge in [0.25, 0.3) is 0 Å². The van der Waals surface area contributed by atoms with E-state index in [1.807, 2.05) is 26.0 Å². The average Bonchev–Trinajstić information content (AvgIpc) is 2.25. The Labute approximate surface area is 120 Å². The van der Waals surface area contributed by atoms with Crippen LogP contribution in [-0.2, 0) is 4.79 Å². The van der Waals surface area contributed by atoms with E-state index in [-0.39, 0.29) is 16.8 Å². The molecule has 104 valence electrons. The van der Waals surface area contributed by atoms with Crippen LogP contribution in [0.15, 0.2) is 29.5 Å². The Balaban J connectivity index is 2.39. The summed E-state index contributed by atoms with van der Waals surface area (Å²) in [7, 11) is 0. The highest BCUT2D eigenvalue weighted by Crippen LogP contribution is 2.37. The molecule has 1 aromatic carbocycles. The van der Waals surface area contributed by atoms with E-state index in [2.05, 4.69) is 31.3 Å². The lowest BCUT2D eigenvalue weighted by atomic mass is 9.76. The highest BCUT2D eigenvalue weighted by Gasteiger charge is 2.33. The number of nitrogens with one attached hydrogen (secondary N) is 1. The number of hydrogen-bond acceptors (Lipinski definition) is 3. The number of benzene rings is 1. The van der Waals surface area contributed by atoms with E-state index in [1.165, 1.54) is 0 Å². The Kier molecular flexibility index (Phi) is 3.67. The monoisotopic (exact) mass is 268 g/mol. The number of nitriles is 1. The van der Waals surface area contributed by atoms with Crippen LogP contribution in [0, 0.1) is 30.6 Å². The summed E-state index contributed by atoms with van der Waals surface area (Å²) in [6.45, 7) is 8.19. The second-order valence-corrected chi connectivity index (χ2v) is 6.41. The van der Waals surface area contributed by atoms with Gasteiger partial charge in [0.2, 0.25) is 0 Å². The van der Waals surface area contributed by atoms with E-state index in [0.29, 0.717) is 12.8 Å². The largest absolute Gasteiger partial charge is 0.358 e. The maximum atomic E-state index is 12.1. The highest BCUT2D eigenvalue weighted by molar-refractivity contribution is 6.01. The Bertz CT molecular complexity index is 613. The van der Waals surface area contributed by atoms with E-state index in [1.54, 1.807) is 0 Å². The van der Waals surface area contributed by atoms with Gasteiger partial charge in [-0.25, -0.2) is 0 Å². The third-order valence-electron chi connectivity index (χ3n) is 3.50. The van der Waals surface area contributed by atoms with Crippen LogP contribution in [0.25, 0.3) is 0 Å². The van der Waals surface area contributed by atoms with Crippen LogP contribution >= 0.6 is 0 Å². The molecule has 0 bridgehead atoms. The predicted molar refractivity (Wildman–Crippen MR) is 80.2 cm³/mol. The number of rotatable bonds is 2. The van der Waals surface area contributed by atoms with Crippen molar-refractivity contribution in [1.29, 1.82) is 5.26 Å². The summed E-state index contributed by atoms with van der Waals surface area (Å²) in [5.41, 5.74) is 4.19. The minimum atomic E-state index is -0.0986. The molecule has 3 nitrogen and oxygen atoms in total. The molecule has 0 fully saturated rings. The van der Waals surface area contributed by atoms with E-state index in [9.17, 15) is 10.1 Å². The fourth-order valence-corrected chi connectivity index (χ4v) is 2.78. The summed E-state index contributed by atoms with van der Waals surface area (Å²) in [4.78, 5) is 12.1. The maximum Gasteiger partial charge on any atom is 0.175 e. The Morgan fingerprint density at radius 3 is 2.30 bits per heavy atom. The Morgan fingerprint density at radius 1 is 1.15 bits per heavy atom. The molecule has 20 heavy (non-hydrogen) atoms. The third kappa shape index (κ3) is 3.08.